The van der Waals surface area contributed by atoms with Crippen LogP contribution in [-0.4, -0.2) is 58.8 Å². The maximum atomic E-state index is 12.5. The average Bonchev–Trinajstić information content (AvgIpc) is 2.91. The van der Waals surface area contributed by atoms with Crippen molar-refractivity contribution in [3.8, 4) is 0 Å². The molecular formula is C15H20N2O5S2. The molecule has 0 saturated carbocycles. The summed E-state index contributed by atoms with van der Waals surface area (Å²) in [5.41, 5.74) is 0.197. The van der Waals surface area contributed by atoms with Crippen LogP contribution in [0.2, 0.25) is 0 Å². The molecule has 132 valence electrons. The molecule has 0 aromatic heterocycles. The number of nitrogens with zero attached hydrogens (tertiary/aromatic N) is 1. The van der Waals surface area contributed by atoms with E-state index < -0.39 is 25.8 Å². The van der Waals surface area contributed by atoms with E-state index in [1.807, 2.05) is 0 Å². The molecule has 1 aromatic rings. The molecule has 1 aromatic carbocycles. The average molecular weight is 372 g/mol. The zero-order valence-electron chi connectivity index (χ0n) is 13.3. The normalized spacial score (nSPS) is 19.8. The minimum absolute atomic E-state index is 0.0253. The molecule has 1 aliphatic rings. The van der Waals surface area contributed by atoms with Crippen molar-refractivity contribution >= 4 is 25.8 Å². The Bertz CT molecular complexity index is 846. The molecule has 24 heavy (non-hydrogen) atoms. The highest BCUT2D eigenvalue weighted by Crippen LogP contribution is 2.20. The summed E-state index contributed by atoms with van der Waals surface area (Å²) < 4.78 is 49.7. The molecule has 9 heteroatoms. The van der Waals surface area contributed by atoms with Gasteiger partial charge in [-0.25, -0.2) is 21.6 Å². The molecule has 0 radical (unpaired) electrons. The summed E-state index contributed by atoms with van der Waals surface area (Å²) in [6, 6.07) is 5.28. The molecule has 1 N–H and O–H groups in total. The summed E-state index contributed by atoms with van der Waals surface area (Å²) in [6.07, 6.45) is 1.81. The van der Waals surface area contributed by atoms with Crippen LogP contribution in [0, 0.1) is 0 Å². The van der Waals surface area contributed by atoms with Gasteiger partial charge in [0.15, 0.2) is 9.84 Å². The molecule has 1 saturated heterocycles. The van der Waals surface area contributed by atoms with Gasteiger partial charge in [0.1, 0.15) is 0 Å². The number of rotatable bonds is 6. The molecule has 1 heterocycles. The second kappa shape index (κ2) is 7.04. The largest absolute Gasteiger partial charge is 0.338 e. The molecule has 2 rings (SSSR count). The summed E-state index contributed by atoms with van der Waals surface area (Å²) in [7, 11) is -5.30. The van der Waals surface area contributed by atoms with Crippen LogP contribution in [0.3, 0.4) is 0 Å². The van der Waals surface area contributed by atoms with E-state index in [0.29, 0.717) is 6.42 Å². The van der Waals surface area contributed by atoms with Gasteiger partial charge in [-0.3, -0.25) is 4.79 Å². The molecule has 7 nitrogen and oxygen atoms in total. The molecule has 0 bridgehead atoms. The molecule has 1 aliphatic heterocycles. The topological polar surface area (TPSA) is 101 Å². The third-order valence-electron chi connectivity index (χ3n) is 3.89. The number of hydrogen-bond donors (Lipinski definition) is 1. The summed E-state index contributed by atoms with van der Waals surface area (Å²) in [5.74, 6) is -0.401. The standard InChI is InChI=1S/C15H20N2O5S2/c1-3-8-16-24(21,22)14-6-4-5-12(10-14)15(18)17(2)13-7-9-23(19,20)11-13/h3-6,10,13,16H,1,7-9,11H2,2H3. The van der Waals surface area contributed by atoms with Gasteiger partial charge in [0.05, 0.1) is 16.4 Å². The lowest BCUT2D eigenvalue weighted by molar-refractivity contribution is 0.0747. The third kappa shape index (κ3) is 4.22. The van der Waals surface area contributed by atoms with Crippen LogP contribution < -0.4 is 4.72 Å². The van der Waals surface area contributed by atoms with Crippen LogP contribution in [0.25, 0.3) is 0 Å². The predicted octanol–water partition coefficient (Wildman–Crippen LogP) is 0.410. The van der Waals surface area contributed by atoms with Crippen LogP contribution in [0.15, 0.2) is 41.8 Å². The number of nitrogens with one attached hydrogen (secondary N) is 1. The molecule has 0 spiro atoms. The van der Waals surface area contributed by atoms with Gasteiger partial charge in [0, 0.05) is 25.2 Å². The Morgan fingerprint density at radius 3 is 2.75 bits per heavy atom. The lowest BCUT2D eigenvalue weighted by atomic mass is 10.1. The first kappa shape index (κ1) is 18.6. The van der Waals surface area contributed by atoms with Gasteiger partial charge >= 0.3 is 0 Å². The lowest BCUT2D eigenvalue weighted by Crippen LogP contribution is -2.38. The van der Waals surface area contributed by atoms with Crippen molar-refractivity contribution in [3.05, 3.63) is 42.5 Å². The van der Waals surface area contributed by atoms with Crippen molar-refractivity contribution in [3.63, 3.8) is 0 Å². The number of hydrogen-bond acceptors (Lipinski definition) is 5. The SMILES string of the molecule is C=CCNS(=O)(=O)c1cccc(C(=O)N(C)C2CCS(=O)(=O)C2)c1. The molecular weight excluding hydrogens is 352 g/mol. The number of benzene rings is 1. The number of carbonyl (C=O) groups is 1. The fraction of sp³-hybridized carbons (Fsp3) is 0.400. The van der Waals surface area contributed by atoms with Crippen LogP contribution in [0.1, 0.15) is 16.8 Å². The second-order valence-corrected chi connectivity index (χ2v) is 9.64. The summed E-state index contributed by atoms with van der Waals surface area (Å²) in [5, 5.41) is 0. The summed E-state index contributed by atoms with van der Waals surface area (Å²) in [6.45, 7) is 3.53. The van der Waals surface area contributed by atoms with Gasteiger partial charge in [-0.05, 0) is 24.6 Å². The fourth-order valence-corrected chi connectivity index (χ4v) is 5.32. The van der Waals surface area contributed by atoms with Gasteiger partial charge in [-0.2, -0.15) is 0 Å². The van der Waals surface area contributed by atoms with Crippen molar-refractivity contribution < 1.29 is 21.6 Å². The van der Waals surface area contributed by atoms with E-state index in [4.69, 9.17) is 0 Å². The van der Waals surface area contributed by atoms with Crippen molar-refractivity contribution in [2.45, 2.75) is 17.4 Å². The minimum atomic E-state index is -3.73. The van der Waals surface area contributed by atoms with E-state index in [0.717, 1.165) is 0 Å². The van der Waals surface area contributed by atoms with E-state index in [9.17, 15) is 21.6 Å². The van der Waals surface area contributed by atoms with Gasteiger partial charge in [-0.1, -0.05) is 12.1 Å². The highest BCUT2D eigenvalue weighted by atomic mass is 32.2. The summed E-state index contributed by atoms with van der Waals surface area (Å²) in [4.78, 5) is 13.9. The van der Waals surface area contributed by atoms with Crippen molar-refractivity contribution in [1.29, 1.82) is 0 Å². The van der Waals surface area contributed by atoms with E-state index in [1.165, 1.54) is 42.3 Å². The van der Waals surface area contributed by atoms with Gasteiger partial charge in [-0.15, -0.1) is 6.58 Å². The Kier molecular flexibility index (Phi) is 5.46. The van der Waals surface area contributed by atoms with E-state index in [-0.39, 0.29) is 34.6 Å². The van der Waals surface area contributed by atoms with Crippen molar-refractivity contribution in [1.82, 2.24) is 9.62 Å². The van der Waals surface area contributed by atoms with E-state index in [1.54, 1.807) is 0 Å². The molecule has 1 atom stereocenters. The first-order chi connectivity index (χ1) is 11.2. The monoisotopic (exact) mass is 372 g/mol. The summed E-state index contributed by atoms with van der Waals surface area (Å²) >= 11 is 0. The van der Waals surface area contributed by atoms with E-state index in [2.05, 4.69) is 11.3 Å². The minimum Gasteiger partial charge on any atom is -0.338 e. The maximum absolute atomic E-state index is 12.5. The zero-order chi connectivity index (χ0) is 18.0. The smallest absolute Gasteiger partial charge is 0.253 e. The molecule has 0 aliphatic carbocycles. The molecule has 1 amide bonds. The third-order valence-corrected chi connectivity index (χ3v) is 7.06. The van der Waals surface area contributed by atoms with Crippen LogP contribution >= 0.6 is 0 Å². The first-order valence-corrected chi connectivity index (χ1v) is 10.6. The molecule has 1 fully saturated rings. The quantitative estimate of drug-likeness (QED) is 0.729. The number of sulfone groups is 1. The number of sulfonamides is 1. The Labute approximate surface area is 142 Å². The maximum Gasteiger partial charge on any atom is 0.253 e. The Balaban J connectivity index is 2.22. The predicted molar refractivity (Wildman–Crippen MR) is 91.0 cm³/mol. The first-order valence-electron chi connectivity index (χ1n) is 7.34. The van der Waals surface area contributed by atoms with Crippen molar-refractivity contribution in [2.75, 3.05) is 25.1 Å². The molecule has 1 unspecified atom stereocenters. The van der Waals surface area contributed by atoms with Crippen LogP contribution in [0.4, 0.5) is 0 Å². The second-order valence-electron chi connectivity index (χ2n) is 5.64. The fourth-order valence-electron chi connectivity index (χ4n) is 2.50. The van der Waals surface area contributed by atoms with E-state index >= 15 is 0 Å². The van der Waals surface area contributed by atoms with Crippen molar-refractivity contribution in [2.24, 2.45) is 0 Å². The highest BCUT2D eigenvalue weighted by Gasteiger charge is 2.33. The number of amides is 1. The Hall–Kier alpha value is -1.71. The van der Waals surface area contributed by atoms with Gasteiger partial charge in [0.25, 0.3) is 5.91 Å². The number of carbonyl (C=O) groups excluding carboxylic acids is 1. The lowest BCUT2D eigenvalue weighted by Gasteiger charge is -2.23. The Morgan fingerprint density at radius 2 is 2.17 bits per heavy atom. The van der Waals surface area contributed by atoms with Crippen LogP contribution in [-0.2, 0) is 19.9 Å². The van der Waals surface area contributed by atoms with Crippen LogP contribution in [0.5, 0.6) is 0 Å². The zero-order valence-corrected chi connectivity index (χ0v) is 14.9. The van der Waals surface area contributed by atoms with Gasteiger partial charge in [0.2, 0.25) is 10.0 Å². The Morgan fingerprint density at radius 1 is 1.46 bits per heavy atom. The van der Waals surface area contributed by atoms with Gasteiger partial charge < -0.3 is 4.90 Å². The highest BCUT2D eigenvalue weighted by molar-refractivity contribution is 7.91.